The number of imide groups is 1. The molecular weight excluding hydrogens is 650 g/mol. The number of aromatic nitrogens is 4. The van der Waals surface area contributed by atoms with E-state index in [2.05, 4.69) is 20.3 Å². The zero-order valence-corrected chi connectivity index (χ0v) is 29.2. The molecule has 1 atom stereocenters. The summed E-state index contributed by atoms with van der Waals surface area (Å²) in [5.74, 6) is -3.52. The first-order chi connectivity index (χ1) is 22.6. The number of halogens is 2. The average molecular weight is 693 g/mol. The number of carbonyl (C=O) groups is 4. The van der Waals surface area contributed by atoms with Crippen molar-refractivity contribution in [1.29, 1.82) is 0 Å². The van der Waals surface area contributed by atoms with Gasteiger partial charge in [-0.1, -0.05) is 0 Å². The number of carbonyl (C=O) groups excluding carboxylic acids is 4. The Bertz CT molecular complexity index is 1660. The molecular formula is C32H42F2N6O9. The monoisotopic (exact) mass is 692 g/mol. The van der Waals surface area contributed by atoms with Crippen LogP contribution in [-0.2, 0) is 30.3 Å². The van der Waals surface area contributed by atoms with Crippen LogP contribution in [0, 0.1) is 11.6 Å². The Morgan fingerprint density at radius 1 is 0.878 bits per heavy atom. The summed E-state index contributed by atoms with van der Waals surface area (Å²) in [5, 5.41) is 2.41. The van der Waals surface area contributed by atoms with Crippen LogP contribution in [0.5, 0.6) is 5.75 Å². The number of fused-ring (bicyclic) bond motifs is 1. The highest BCUT2D eigenvalue weighted by Gasteiger charge is 2.36. The molecule has 0 fully saturated rings. The van der Waals surface area contributed by atoms with Crippen molar-refractivity contribution in [3.8, 4) is 5.75 Å². The molecule has 1 N–H and O–H groups in total. The van der Waals surface area contributed by atoms with Gasteiger partial charge in [0.25, 0.3) is 0 Å². The van der Waals surface area contributed by atoms with Crippen LogP contribution in [0.25, 0.3) is 11.2 Å². The van der Waals surface area contributed by atoms with Gasteiger partial charge in [0, 0.05) is 6.42 Å². The third-order valence-electron chi connectivity index (χ3n) is 6.07. The lowest BCUT2D eigenvalue weighted by Crippen LogP contribution is -2.44. The zero-order chi connectivity index (χ0) is 36.9. The lowest BCUT2D eigenvalue weighted by Gasteiger charge is -2.28. The number of amides is 3. The van der Waals surface area contributed by atoms with E-state index in [-0.39, 0.29) is 47.9 Å². The number of hydrogen-bond acceptors (Lipinski definition) is 12. The number of benzene rings is 1. The van der Waals surface area contributed by atoms with E-state index in [1.807, 2.05) is 0 Å². The number of ether oxygens (including phenoxy) is 5. The number of imidazole rings is 1. The van der Waals surface area contributed by atoms with Gasteiger partial charge in [0.15, 0.2) is 28.6 Å². The van der Waals surface area contributed by atoms with Crippen molar-refractivity contribution in [1.82, 2.24) is 24.8 Å². The van der Waals surface area contributed by atoms with Crippen molar-refractivity contribution < 1.29 is 51.6 Å². The largest absolute Gasteiger partial charge is 0.493 e. The summed E-state index contributed by atoms with van der Waals surface area (Å²) < 4.78 is 57.7. The van der Waals surface area contributed by atoms with Gasteiger partial charge in [0.05, 0.1) is 32.2 Å². The Labute approximate surface area is 282 Å². The Morgan fingerprint density at radius 3 is 2.02 bits per heavy atom. The highest BCUT2D eigenvalue weighted by molar-refractivity contribution is 6.12. The van der Waals surface area contributed by atoms with Gasteiger partial charge in [0.1, 0.15) is 34.9 Å². The van der Waals surface area contributed by atoms with Gasteiger partial charge in [0.2, 0.25) is 0 Å². The molecule has 3 aromatic rings. The van der Waals surface area contributed by atoms with Gasteiger partial charge in [-0.05, 0) is 74.4 Å². The first-order valence-electron chi connectivity index (χ1n) is 15.2. The van der Waals surface area contributed by atoms with Crippen molar-refractivity contribution in [2.75, 3.05) is 18.6 Å². The second-order valence-corrected chi connectivity index (χ2v) is 13.7. The molecule has 0 aliphatic rings. The van der Waals surface area contributed by atoms with E-state index < -0.39 is 58.7 Å². The van der Waals surface area contributed by atoms with Crippen LogP contribution < -0.4 is 15.0 Å². The molecule has 49 heavy (non-hydrogen) atoms. The zero-order valence-electron chi connectivity index (χ0n) is 29.2. The van der Waals surface area contributed by atoms with Gasteiger partial charge < -0.3 is 33.6 Å². The van der Waals surface area contributed by atoms with Crippen LogP contribution in [0.3, 0.4) is 0 Å². The third kappa shape index (κ3) is 10.7. The smallest absolute Gasteiger partial charge is 0.425 e. The molecule has 0 bridgehead atoms. The van der Waals surface area contributed by atoms with E-state index in [1.165, 1.54) is 17.0 Å². The molecule has 2 heterocycles. The van der Waals surface area contributed by atoms with Crippen LogP contribution in [0.1, 0.15) is 74.3 Å². The topological polar surface area (TPSA) is 173 Å². The molecule has 0 radical (unpaired) electrons. The Hall–Kier alpha value is -5.09. The number of alkyl carbamates (subject to hydrolysis) is 1. The molecule has 0 aliphatic carbocycles. The predicted molar refractivity (Wildman–Crippen MR) is 171 cm³/mol. The van der Waals surface area contributed by atoms with Crippen molar-refractivity contribution >= 4 is 41.2 Å². The molecule has 0 spiro atoms. The molecule has 17 heteroatoms. The van der Waals surface area contributed by atoms with Crippen molar-refractivity contribution in [3.63, 3.8) is 0 Å². The lowest BCUT2D eigenvalue weighted by atomic mass is 10.1. The summed E-state index contributed by atoms with van der Waals surface area (Å²) in [6.45, 7) is 14.0. The van der Waals surface area contributed by atoms with Gasteiger partial charge in [-0.3, -0.25) is 0 Å². The molecule has 268 valence electrons. The Kier molecular flexibility index (Phi) is 11.7. The second-order valence-electron chi connectivity index (χ2n) is 13.7. The molecule has 3 rings (SSSR count). The van der Waals surface area contributed by atoms with Crippen LogP contribution in [0.4, 0.5) is 29.0 Å². The number of anilines is 1. The van der Waals surface area contributed by atoms with Crippen LogP contribution >= 0.6 is 0 Å². The fourth-order valence-corrected chi connectivity index (χ4v) is 4.17. The van der Waals surface area contributed by atoms with Crippen LogP contribution in [0.15, 0.2) is 24.8 Å². The quantitative estimate of drug-likeness (QED) is 0.216. The highest BCUT2D eigenvalue weighted by atomic mass is 19.2. The maximum Gasteiger partial charge on any atom is 0.425 e. The number of methoxy groups -OCH3 is 1. The molecule has 0 unspecified atom stereocenters. The van der Waals surface area contributed by atoms with E-state index in [0.717, 1.165) is 19.5 Å². The van der Waals surface area contributed by atoms with Gasteiger partial charge in [-0.2, -0.15) is 4.90 Å². The molecule has 3 amide bonds. The minimum atomic E-state index is -1.23. The molecule has 15 nitrogen and oxygen atoms in total. The van der Waals surface area contributed by atoms with E-state index >= 15 is 4.39 Å². The number of esters is 1. The molecule has 0 saturated carbocycles. The average Bonchev–Trinajstić information content (AvgIpc) is 3.36. The minimum absolute atomic E-state index is 0.0454. The fourth-order valence-electron chi connectivity index (χ4n) is 4.17. The first-order valence-corrected chi connectivity index (χ1v) is 15.2. The number of nitrogens with one attached hydrogen (secondary N) is 1. The van der Waals surface area contributed by atoms with E-state index in [9.17, 15) is 23.6 Å². The predicted octanol–water partition coefficient (Wildman–Crippen LogP) is 5.66. The summed E-state index contributed by atoms with van der Waals surface area (Å²) in [6.07, 6.45) is -0.857. The second kappa shape index (κ2) is 15.0. The summed E-state index contributed by atoms with van der Waals surface area (Å²) in [7, 11) is 1.14. The molecule has 1 aromatic carbocycles. The lowest BCUT2D eigenvalue weighted by molar-refractivity contribution is -0.143. The third-order valence-corrected chi connectivity index (χ3v) is 6.07. The summed E-state index contributed by atoms with van der Waals surface area (Å²) in [5.41, 5.74) is -3.05. The van der Waals surface area contributed by atoms with Crippen LogP contribution in [0.2, 0.25) is 0 Å². The molecule has 0 aliphatic heterocycles. The normalized spacial score (nSPS) is 12.6. The Morgan fingerprint density at radius 2 is 1.47 bits per heavy atom. The summed E-state index contributed by atoms with van der Waals surface area (Å²) in [4.78, 5) is 64.2. The van der Waals surface area contributed by atoms with Crippen molar-refractivity contribution in [3.05, 3.63) is 42.0 Å². The Balaban J connectivity index is 1.94. The number of nitrogens with zero attached hydrogens (tertiary/aromatic N) is 5. The van der Waals surface area contributed by atoms with Gasteiger partial charge in [-0.15, -0.1) is 0 Å². The standard InChI is InChI=1S/C32H42F2N6O9/c1-30(2,3)47-27(42)38-20(26(41)45-10)13-14-46-21-12-11-19(33)22(34)18(21)15-39-17-37-23-24(39)35-16-36-25(23)40(28(43)48-31(4,5)6)29(44)49-32(7,8)9/h11-12,16-17,20H,13-15H2,1-10H3,(H,38,42)/t20-/m0/s1. The molecule has 0 saturated heterocycles. The maximum atomic E-state index is 15.3. The van der Waals surface area contributed by atoms with Gasteiger partial charge in [-0.25, -0.2) is 42.9 Å². The first kappa shape index (κ1) is 38.4. The van der Waals surface area contributed by atoms with Crippen molar-refractivity contribution in [2.24, 2.45) is 0 Å². The fraction of sp³-hybridized carbons (Fsp3) is 0.531. The number of rotatable bonds is 9. The maximum absolute atomic E-state index is 15.3. The van der Waals surface area contributed by atoms with Crippen molar-refractivity contribution in [2.45, 2.75) is 98.1 Å². The van der Waals surface area contributed by atoms with Gasteiger partial charge >= 0.3 is 24.2 Å². The summed E-state index contributed by atoms with van der Waals surface area (Å²) >= 11 is 0. The summed E-state index contributed by atoms with van der Waals surface area (Å²) in [6, 6.07) is 0.907. The van der Waals surface area contributed by atoms with Crippen LogP contribution in [-0.4, -0.2) is 80.3 Å². The van der Waals surface area contributed by atoms with E-state index in [0.29, 0.717) is 4.90 Å². The van der Waals surface area contributed by atoms with E-state index in [4.69, 9.17) is 23.7 Å². The number of hydrogen-bond donors (Lipinski definition) is 1. The van der Waals surface area contributed by atoms with E-state index in [1.54, 1.807) is 62.3 Å². The minimum Gasteiger partial charge on any atom is -0.493 e. The molecule has 2 aromatic heterocycles. The SMILES string of the molecule is COC(=O)[C@H](CCOc1ccc(F)c(F)c1Cn1cnc2c(N(C(=O)OC(C)(C)C)C(=O)OC(C)(C)C)ncnc21)NC(=O)OC(C)(C)C. The highest BCUT2D eigenvalue weighted by Crippen LogP contribution is 2.29.